The molecule has 0 saturated carbocycles. The van der Waals surface area contributed by atoms with Gasteiger partial charge in [0.15, 0.2) is 6.10 Å². The highest BCUT2D eigenvalue weighted by Crippen LogP contribution is 2.17. The molecule has 0 saturated heterocycles. The first-order valence-corrected chi connectivity index (χ1v) is 6.79. The van der Waals surface area contributed by atoms with E-state index in [1.54, 1.807) is 24.3 Å². The number of carbonyl (C=O) groups excluding carboxylic acids is 1. The summed E-state index contributed by atoms with van der Waals surface area (Å²) in [6.07, 6.45) is -0.886. The summed E-state index contributed by atoms with van der Waals surface area (Å²) in [6, 6.07) is 5.80. The summed E-state index contributed by atoms with van der Waals surface area (Å²) in [5.41, 5.74) is 0. The van der Waals surface area contributed by atoms with Crippen LogP contribution in [0.4, 0.5) is 0 Å². The molecule has 0 aromatic heterocycles. The molecule has 1 amide bonds. The van der Waals surface area contributed by atoms with Crippen molar-refractivity contribution in [2.24, 2.45) is 0 Å². The Bertz CT molecular complexity index is 462. The third kappa shape index (κ3) is 5.18. The average Bonchev–Trinajstić information content (AvgIpc) is 2.40. The number of hydrogen-bond acceptors (Lipinski definition) is 4. The van der Waals surface area contributed by atoms with Crippen LogP contribution in [0, 0.1) is 0 Å². The topological polar surface area (TPSA) is 95.9 Å². The Morgan fingerprint density at radius 2 is 1.95 bits per heavy atom. The number of ether oxygens (including phenoxy) is 1. The summed E-state index contributed by atoms with van der Waals surface area (Å²) < 4.78 is 6.29. The van der Waals surface area contributed by atoms with Crippen molar-refractivity contribution in [3.63, 3.8) is 0 Å². The monoisotopic (exact) mass is 345 g/mol. The Balaban J connectivity index is 2.57. The van der Waals surface area contributed by atoms with Crippen LogP contribution in [0.15, 0.2) is 28.7 Å². The van der Waals surface area contributed by atoms with Crippen LogP contribution in [-0.4, -0.2) is 40.8 Å². The first-order chi connectivity index (χ1) is 9.43. The number of aliphatic hydroxyl groups is 1. The van der Waals surface area contributed by atoms with Crippen molar-refractivity contribution >= 4 is 27.8 Å². The lowest BCUT2D eigenvalue weighted by molar-refractivity contribution is -0.143. The summed E-state index contributed by atoms with van der Waals surface area (Å²) in [7, 11) is 0. The van der Waals surface area contributed by atoms with Gasteiger partial charge in [0.25, 0.3) is 5.91 Å². The van der Waals surface area contributed by atoms with E-state index in [-0.39, 0.29) is 13.0 Å². The highest BCUT2D eigenvalue weighted by molar-refractivity contribution is 9.10. The fourth-order valence-electron chi connectivity index (χ4n) is 1.45. The van der Waals surface area contributed by atoms with Crippen molar-refractivity contribution in [3.8, 4) is 5.75 Å². The minimum atomic E-state index is -1.19. The Kier molecular flexibility index (Phi) is 6.47. The summed E-state index contributed by atoms with van der Waals surface area (Å²) in [6.45, 7) is 1.20. The molecule has 3 N–H and O–H groups in total. The second-order valence-corrected chi connectivity index (χ2v) is 5.04. The fourth-order valence-corrected chi connectivity index (χ4v) is 1.71. The molecule has 1 unspecified atom stereocenters. The van der Waals surface area contributed by atoms with E-state index in [0.29, 0.717) is 5.75 Å². The zero-order valence-electron chi connectivity index (χ0n) is 10.9. The van der Waals surface area contributed by atoms with Crippen molar-refractivity contribution in [1.29, 1.82) is 0 Å². The van der Waals surface area contributed by atoms with Gasteiger partial charge in [-0.05, 0) is 31.2 Å². The van der Waals surface area contributed by atoms with E-state index in [1.165, 1.54) is 6.92 Å². The fraction of sp³-hybridized carbons (Fsp3) is 0.385. The average molecular weight is 346 g/mol. The molecule has 110 valence electrons. The van der Waals surface area contributed by atoms with Crippen LogP contribution in [0.2, 0.25) is 0 Å². The van der Waals surface area contributed by atoms with Crippen LogP contribution in [0.5, 0.6) is 5.75 Å². The molecule has 0 spiro atoms. The van der Waals surface area contributed by atoms with Crippen LogP contribution in [0.3, 0.4) is 0 Å². The summed E-state index contributed by atoms with van der Waals surface area (Å²) in [5, 5.41) is 19.9. The van der Waals surface area contributed by atoms with Gasteiger partial charge in [0, 0.05) is 17.5 Å². The normalized spacial score (nSPS) is 13.3. The van der Waals surface area contributed by atoms with E-state index in [9.17, 15) is 9.59 Å². The predicted octanol–water partition coefficient (Wildman–Crippen LogP) is 1.17. The number of aliphatic carboxylic acids is 1. The van der Waals surface area contributed by atoms with Crippen LogP contribution in [0.25, 0.3) is 0 Å². The second-order valence-electron chi connectivity index (χ2n) is 4.13. The Morgan fingerprint density at radius 3 is 2.45 bits per heavy atom. The smallest absolute Gasteiger partial charge is 0.326 e. The van der Waals surface area contributed by atoms with E-state index in [1.807, 2.05) is 0 Å². The number of nitrogens with one attached hydrogen (secondary N) is 1. The third-order valence-electron chi connectivity index (χ3n) is 2.53. The second kappa shape index (κ2) is 7.86. The van der Waals surface area contributed by atoms with E-state index < -0.39 is 24.0 Å². The molecule has 20 heavy (non-hydrogen) atoms. The first-order valence-electron chi connectivity index (χ1n) is 6.00. The van der Waals surface area contributed by atoms with Gasteiger partial charge in [-0.2, -0.15) is 0 Å². The maximum atomic E-state index is 11.8. The van der Waals surface area contributed by atoms with E-state index in [0.717, 1.165) is 4.47 Å². The standard InChI is InChI=1S/C13H16BrNO5/c1-8(20-10-4-2-9(14)3-5-10)12(17)15-11(6-7-16)13(18)19/h2-5,8,11,16H,6-7H2,1H3,(H,15,17)(H,18,19)/t8?,11-/m0/s1. The molecule has 0 aliphatic rings. The molecule has 0 fully saturated rings. The van der Waals surface area contributed by atoms with Gasteiger partial charge in [0.2, 0.25) is 0 Å². The van der Waals surface area contributed by atoms with Gasteiger partial charge in [-0.1, -0.05) is 15.9 Å². The SMILES string of the molecule is CC(Oc1ccc(Br)cc1)C(=O)N[C@@H](CCO)C(=O)O. The molecule has 7 heteroatoms. The lowest BCUT2D eigenvalue weighted by atomic mass is 10.2. The van der Waals surface area contributed by atoms with Crippen molar-refractivity contribution < 1.29 is 24.5 Å². The number of halogens is 1. The van der Waals surface area contributed by atoms with Gasteiger partial charge in [0.1, 0.15) is 11.8 Å². The molecular formula is C13H16BrNO5. The number of carbonyl (C=O) groups is 2. The Hall–Kier alpha value is -1.60. The molecule has 1 aromatic rings. The summed E-state index contributed by atoms with van der Waals surface area (Å²) in [5.74, 6) is -1.23. The van der Waals surface area contributed by atoms with E-state index in [2.05, 4.69) is 21.2 Å². The van der Waals surface area contributed by atoms with Gasteiger partial charge in [-0.15, -0.1) is 0 Å². The largest absolute Gasteiger partial charge is 0.481 e. The first kappa shape index (κ1) is 16.5. The number of carboxylic acid groups (broad SMARTS) is 1. The molecule has 0 heterocycles. The molecule has 0 radical (unpaired) electrons. The third-order valence-corrected chi connectivity index (χ3v) is 3.06. The van der Waals surface area contributed by atoms with Crippen LogP contribution in [-0.2, 0) is 9.59 Å². The lowest BCUT2D eigenvalue weighted by Gasteiger charge is -2.18. The van der Waals surface area contributed by atoms with Crippen molar-refractivity contribution in [2.75, 3.05) is 6.61 Å². The molecule has 0 bridgehead atoms. The van der Waals surface area contributed by atoms with Gasteiger partial charge in [-0.25, -0.2) is 4.79 Å². The number of benzene rings is 1. The molecule has 6 nitrogen and oxygen atoms in total. The van der Waals surface area contributed by atoms with Crippen molar-refractivity contribution in [2.45, 2.75) is 25.5 Å². The molecule has 0 aliphatic carbocycles. The van der Waals surface area contributed by atoms with Crippen molar-refractivity contribution in [3.05, 3.63) is 28.7 Å². The van der Waals surface area contributed by atoms with Crippen LogP contribution >= 0.6 is 15.9 Å². The molecule has 2 atom stereocenters. The van der Waals surface area contributed by atoms with E-state index in [4.69, 9.17) is 14.9 Å². The highest BCUT2D eigenvalue weighted by Gasteiger charge is 2.23. The highest BCUT2D eigenvalue weighted by atomic mass is 79.9. The molecule has 1 rings (SSSR count). The quantitative estimate of drug-likeness (QED) is 0.689. The van der Waals surface area contributed by atoms with E-state index >= 15 is 0 Å². The van der Waals surface area contributed by atoms with Crippen LogP contribution in [0.1, 0.15) is 13.3 Å². The maximum absolute atomic E-state index is 11.8. The number of aliphatic hydroxyl groups excluding tert-OH is 1. The number of carboxylic acids is 1. The zero-order chi connectivity index (χ0) is 15.1. The maximum Gasteiger partial charge on any atom is 0.326 e. The van der Waals surface area contributed by atoms with Gasteiger partial charge in [0.05, 0.1) is 0 Å². The Morgan fingerprint density at radius 1 is 1.35 bits per heavy atom. The van der Waals surface area contributed by atoms with Gasteiger partial charge in [-0.3, -0.25) is 4.79 Å². The Labute approximate surface area is 124 Å². The minimum absolute atomic E-state index is 0.0495. The molecule has 1 aromatic carbocycles. The van der Waals surface area contributed by atoms with Crippen molar-refractivity contribution in [1.82, 2.24) is 5.32 Å². The van der Waals surface area contributed by atoms with Gasteiger partial charge >= 0.3 is 5.97 Å². The molecular weight excluding hydrogens is 330 g/mol. The summed E-state index contributed by atoms with van der Waals surface area (Å²) in [4.78, 5) is 22.7. The number of hydrogen-bond donors (Lipinski definition) is 3. The summed E-state index contributed by atoms with van der Waals surface area (Å²) >= 11 is 3.28. The number of amides is 1. The lowest BCUT2D eigenvalue weighted by Crippen LogP contribution is -2.46. The molecule has 0 aliphatic heterocycles. The number of rotatable bonds is 7. The zero-order valence-corrected chi connectivity index (χ0v) is 12.5. The van der Waals surface area contributed by atoms with Crippen LogP contribution < -0.4 is 10.1 Å². The van der Waals surface area contributed by atoms with Gasteiger partial charge < -0.3 is 20.3 Å². The predicted molar refractivity (Wildman–Crippen MR) is 75.5 cm³/mol. The minimum Gasteiger partial charge on any atom is -0.481 e.